The highest BCUT2D eigenvalue weighted by atomic mass is 16.2. The van der Waals surface area contributed by atoms with Crippen molar-refractivity contribution in [2.24, 2.45) is 22.7 Å². The molecule has 6 amide bonds. The molecule has 0 aromatic carbocycles. The highest BCUT2D eigenvalue weighted by Crippen LogP contribution is 2.33. The first-order valence-electron chi connectivity index (χ1n) is 19.6. The van der Waals surface area contributed by atoms with Crippen LogP contribution in [0.4, 0.5) is 4.79 Å². The summed E-state index contributed by atoms with van der Waals surface area (Å²) < 4.78 is 0. The van der Waals surface area contributed by atoms with Crippen molar-refractivity contribution in [3.8, 4) is 0 Å². The molecule has 0 bridgehead atoms. The van der Waals surface area contributed by atoms with Gasteiger partial charge in [-0.2, -0.15) is 0 Å². The molecule has 0 aromatic heterocycles. The number of amides is 6. The quantitative estimate of drug-likeness (QED) is 0.126. The second kappa shape index (κ2) is 18.5. The van der Waals surface area contributed by atoms with Crippen molar-refractivity contribution in [3.63, 3.8) is 0 Å². The van der Waals surface area contributed by atoms with Gasteiger partial charge in [0.25, 0.3) is 5.91 Å². The average molecular weight is 717 g/mol. The summed E-state index contributed by atoms with van der Waals surface area (Å²) in [5.41, 5.74) is -1.07. The maximum absolute atomic E-state index is 14.5. The van der Waals surface area contributed by atoms with Gasteiger partial charge in [-0.25, -0.2) is 4.79 Å². The standard InChI is InChI=1S/C39H68N6O6/c1-10-11-12-13-16-28(32(47)35(49)40-27-18-19-27)41-34(48)31-26(23-25(2)3)20-22-45(31)36(50)33(39(7,8)9)43-37(51)42-29(38(4,5)6)24-44-21-15-14-17-30(44)46/h25-29,31,33H,10-24H2,1-9H3,(H,40,49)(H,41,48)(H2,42,43,51)/t26-,28?,29-,31+,33-/m1/s1. The number of hydrogen-bond acceptors (Lipinski definition) is 6. The molecule has 1 saturated carbocycles. The van der Waals surface area contributed by atoms with E-state index in [0.29, 0.717) is 51.7 Å². The summed E-state index contributed by atoms with van der Waals surface area (Å²) in [5, 5.41) is 11.7. The monoisotopic (exact) mass is 717 g/mol. The number of ketones is 1. The molecule has 2 heterocycles. The summed E-state index contributed by atoms with van der Waals surface area (Å²) >= 11 is 0. The van der Waals surface area contributed by atoms with Crippen molar-refractivity contribution < 1.29 is 28.8 Å². The van der Waals surface area contributed by atoms with Crippen LogP contribution in [0.2, 0.25) is 0 Å². The third kappa shape index (κ3) is 12.8. The zero-order chi connectivity index (χ0) is 38.1. The number of nitrogens with one attached hydrogen (secondary N) is 4. The molecule has 0 radical (unpaired) electrons. The van der Waals surface area contributed by atoms with Gasteiger partial charge in [-0.3, -0.25) is 24.0 Å². The highest BCUT2D eigenvalue weighted by molar-refractivity contribution is 6.38. The number of carbonyl (C=O) groups is 6. The number of unbranched alkanes of at least 4 members (excludes halogenated alkanes) is 3. The minimum atomic E-state index is -0.978. The second-order valence-corrected chi connectivity index (χ2v) is 17.8. The first-order valence-corrected chi connectivity index (χ1v) is 19.6. The van der Waals surface area contributed by atoms with Crippen molar-refractivity contribution in [1.82, 2.24) is 31.1 Å². The third-order valence-corrected chi connectivity index (χ3v) is 10.5. The Morgan fingerprint density at radius 1 is 0.843 bits per heavy atom. The molecule has 0 spiro atoms. The third-order valence-electron chi connectivity index (χ3n) is 10.5. The molecule has 12 heteroatoms. The number of carbonyl (C=O) groups excluding carboxylic acids is 6. The molecular weight excluding hydrogens is 648 g/mol. The van der Waals surface area contributed by atoms with Gasteiger partial charge in [0.2, 0.25) is 23.5 Å². The maximum Gasteiger partial charge on any atom is 0.315 e. The molecule has 3 rings (SSSR count). The Balaban J connectivity index is 1.82. The lowest BCUT2D eigenvalue weighted by Crippen LogP contribution is -2.62. The smallest absolute Gasteiger partial charge is 0.315 e. The van der Waals surface area contributed by atoms with Gasteiger partial charge < -0.3 is 31.1 Å². The van der Waals surface area contributed by atoms with E-state index in [1.807, 2.05) is 46.4 Å². The van der Waals surface area contributed by atoms with Gasteiger partial charge in [0.15, 0.2) is 0 Å². The van der Waals surface area contributed by atoms with E-state index in [1.54, 1.807) is 4.90 Å². The number of Topliss-reactive ketones (excluding diaryl/α,β-unsaturated/α-hetero) is 1. The van der Waals surface area contributed by atoms with Gasteiger partial charge in [-0.05, 0) is 67.6 Å². The Hall–Kier alpha value is -3.18. The Labute approximate surface area is 306 Å². The van der Waals surface area contributed by atoms with Crippen LogP contribution >= 0.6 is 0 Å². The van der Waals surface area contributed by atoms with Crippen LogP contribution < -0.4 is 21.3 Å². The summed E-state index contributed by atoms with van der Waals surface area (Å²) in [5.74, 6) is -1.91. The van der Waals surface area contributed by atoms with E-state index in [2.05, 4.69) is 42.0 Å². The zero-order valence-electron chi connectivity index (χ0n) is 33.0. The van der Waals surface area contributed by atoms with Crippen LogP contribution in [0.3, 0.4) is 0 Å². The summed E-state index contributed by atoms with van der Waals surface area (Å²) in [6, 6.07) is -3.64. The van der Waals surface area contributed by atoms with E-state index >= 15 is 0 Å². The summed E-state index contributed by atoms with van der Waals surface area (Å²) in [6.45, 7) is 19.3. The van der Waals surface area contributed by atoms with Crippen molar-refractivity contribution >= 4 is 35.4 Å². The van der Waals surface area contributed by atoms with E-state index < -0.39 is 47.2 Å². The van der Waals surface area contributed by atoms with Crippen LogP contribution in [0.5, 0.6) is 0 Å². The molecule has 1 aliphatic carbocycles. The molecule has 1 unspecified atom stereocenters. The molecule has 3 fully saturated rings. The fourth-order valence-electron chi connectivity index (χ4n) is 7.21. The zero-order valence-corrected chi connectivity index (χ0v) is 33.0. The lowest BCUT2D eigenvalue weighted by molar-refractivity contribution is -0.144. The highest BCUT2D eigenvalue weighted by Gasteiger charge is 2.47. The van der Waals surface area contributed by atoms with Crippen LogP contribution in [0.25, 0.3) is 0 Å². The minimum absolute atomic E-state index is 0.0150. The summed E-state index contributed by atoms with van der Waals surface area (Å²) in [4.78, 5) is 84.7. The molecule has 51 heavy (non-hydrogen) atoms. The fourth-order valence-corrected chi connectivity index (χ4v) is 7.21. The van der Waals surface area contributed by atoms with E-state index in [-0.39, 0.29) is 41.1 Å². The van der Waals surface area contributed by atoms with E-state index in [4.69, 9.17) is 0 Å². The number of urea groups is 1. The van der Waals surface area contributed by atoms with E-state index in [0.717, 1.165) is 44.9 Å². The normalized spacial score (nSPS) is 21.6. The first kappa shape index (κ1) is 42.2. The molecule has 12 nitrogen and oxygen atoms in total. The molecule has 5 atom stereocenters. The average Bonchev–Trinajstić information content (AvgIpc) is 3.75. The first-order chi connectivity index (χ1) is 23.8. The topological polar surface area (TPSA) is 157 Å². The van der Waals surface area contributed by atoms with Crippen LogP contribution in [0.15, 0.2) is 0 Å². The number of likely N-dealkylation sites (tertiary alicyclic amines) is 2. The Morgan fingerprint density at radius 2 is 1.53 bits per heavy atom. The van der Waals surface area contributed by atoms with Gasteiger partial charge in [-0.1, -0.05) is 88.0 Å². The molecule has 2 aliphatic heterocycles. The molecule has 0 aromatic rings. The Morgan fingerprint density at radius 3 is 2.10 bits per heavy atom. The molecule has 2 saturated heterocycles. The lowest BCUT2D eigenvalue weighted by Gasteiger charge is -2.39. The number of hydrogen-bond donors (Lipinski definition) is 4. The summed E-state index contributed by atoms with van der Waals surface area (Å²) in [6.07, 6.45) is 9.25. The van der Waals surface area contributed by atoms with Gasteiger partial charge in [0.05, 0.1) is 12.1 Å². The maximum atomic E-state index is 14.5. The van der Waals surface area contributed by atoms with Crippen molar-refractivity contribution in [1.29, 1.82) is 0 Å². The van der Waals surface area contributed by atoms with Crippen molar-refractivity contribution in [2.75, 3.05) is 19.6 Å². The predicted molar refractivity (Wildman–Crippen MR) is 199 cm³/mol. The summed E-state index contributed by atoms with van der Waals surface area (Å²) in [7, 11) is 0. The van der Waals surface area contributed by atoms with Crippen LogP contribution in [0, 0.1) is 22.7 Å². The number of piperidine rings is 1. The second-order valence-electron chi connectivity index (χ2n) is 17.8. The lowest BCUT2D eigenvalue weighted by atomic mass is 9.84. The Kier molecular flexibility index (Phi) is 15.4. The van der Waals surface area contributed by atoms with Crippen LogP contribution in [-0.4, -0.2) is 95.1 Å². The van der Waals surface area contributed by atoms with Crippen molar-refractivity contribution in [3.05, 3.63) is 0 Å². The van der Waals surface area contributed by atoms with Crippen LogP contribution in [0.1, 0.15) is 139 Å². The van der Waals surface area contributed by atoms with Gasteiger partial charge >= 0.3 is 6.03 Å². The van der Waals surface area contributed by atoms with Gasteiger partial charge in [0, 0.05) is 32.1 Å². The van der Waals surface area contributed by atoms with Crippen LogP contribution in [-0.2, 0) is 24.0 Å². The van der Waals surface area contributed by atoms with Gasteiger partial charge in [0.1, 0.15) is 12.1 Å². The SMILES string of the molecule is CCCCCCC(NC(=O)[C@@H]1[C@@H](CC(C)C)CCN1C(=O)[C@@H](NC(=O)N[C@H](CN1CCCCC1=O)C(C)(C)C)C(C)(C)C)C(=O)C(=O)NC1CC1. The van der Waals surface area contributed by atoms with E-state index in [9.17, 15) is 28.8 Å². The minimum Gasteiger partial charge on any atom is -0.347 e. The largest absolute Gasteiger partial charge is 0.347 e. The molecule has 290 valence electrons. The molecule has 3 aliphatic rings. The van der Waals surface area contributed by atoms with E-state index in [1.165, 1.54) is 0 Å². The van der Waals surface area contributed by atoms with Crippen molar-refractivity contribution in [2.45, 2.75) is 170 Å². The molecular formula is C39H68N6O6. The molecule has 4 N–H and O–H groups in total. The number of nitrogens with zero attached hydrogens (tertiary/aromatic N) is 2. The Bertz CT molecular complexity index is 1240. The predicted octanol–water partition coefficient (Wildman–Crippen LogP) is 4.69. The fraction of sp³-hybridized carbons (Fsp3) is 0.846. The van der Waals surface area contributed by atoms with Gasteiger partial charge in [-0.15, -0.1) is 0 Å². The number of rotatable bonds is 17.